The van der Waals surface area contributed by atoms with E-state index in [2.05, 4.69) is 37.7 Å². The van der Waals surface area contributed by atoms with Crippen LogP contribution in [-0.2, 0) is 17.6 Å². The van der Waals surface area contributed by atoms with Gasteiger partial charge in [-0.15, -0.1) is 0 Å². The van der Waals surface area contributed by atoms with Crippen molar-refractivity contribution in [3.05, 3.63) is 29.6 Å². The molecular formula is C26H37N5O2. The normalized spacial score (nSPS) is 18.8. The van der Waals surface area contributed by atoms with E-state index in [1.807, 2.05) is 24.1 Å². The maximum Gasteiger partial charge on any atom is 0.180 e. The van der Waals surface area contributed by atoms with Gasteiger partial charge in [0.1, 0.15) is 23.4 Å². The fourth-order valence-corrected chi connectivity index (χ4v) is 4.84. The number of aryl methyl sites for hydroxylation is 1. The van der Waals surface area contributed by atoms with Crippen LogP contribution >= 0.6 is 0 Å². The van der Waals surface area contributed by atoms with Crippen LogP contribution in [-0.4, -0.2) is 65.5 Å². The van der Waals surface area contributed by atoms with Gasteiger partial charge in [-0.05, 0) is 57.2 Å². The van der Waals surface area contributed by atoms with Gasteiger partial charge in [0.25, 0.3) is 0 Å². The lowest BCUT2D eigenvalue weighted by Crippen LogP contribution is -2.38. The number of nitrogens with zero attached hydrogens (tertiary/aromatic N) is 5. The van der Waals surface area contributed by atoms with Crippen LogP contribution < -0.4 is 9.64 Å². The molecule has 1 fully saturated rings. The first-order valence-electron chi connectivity index (χ1n) is 12.1. The minimum Gasteiger partial charge on any atom is -0.489 e. The fraction of sp³-hybridized carbons (Fsp3) is 0.615. The van der Waals surface area contributed by atoms with E-state index in [0.29, 0.717) is 24.5 Å². The molecule has 1 aliphatic carbocycles. The van der Waals surface area contributed by atoms with Crippen molar-refractivity contribution in [2.75, 3.05) is 38.6 Å². The van der Waals surface area contributed by atoms with E-state index in [4.69, 9.17) is 14.7 Å². The number of hydrogen-bond acceptors (Lipinski definition) is 7. The second kappa shape index (κ2) is 9.75. The molecule has 2 aliphatic rings. The number of pyridine rings is 1. The zero-order chi connectivity index (χ0) is 23.6. The Kier molecular flexibility index (Phi) is 6.98. The molecule has 0 unspecified atom stereocenters. The summed E-state index contributed by atoms with van der Waals surface area (Å²) in [5.74, 6) is 2.49. The summed E-state index contributed by atoms with van der Waals surface area (Å²) in [7, 11) is 4.09. The second-order valence-corrected chi connectivity index (χ2v) is 10.8. The largest absolute Gasteiger partial charge is 0.489 e. The van der Waals surface area contributed by atoms with Gasteiger partial charge in [-0.25, -0.2) is 9.97 Å². The number of rotatable bonds is 7. The minimum atomic E-state index is -0.0196. The molecule has 0 spiro atoms. The van der Waals surface area contributed by atoms with E-state index in [1.54, 1.807) is 6.20 Å². The van der Waals surface area contributed by atoms with Gasteiger partial charge in [0.15, 0.2) is 11.6 Å². The Bertz CT molecular complexity index is 1000. The predicted octanol–water partition coefficient (Wildman–Crippen LogP) is 3.94. The van der Waals surface area contributed by atoms with Crippen molar-refractivity contribution in [1.82, 2.24) is 19.9 Å². The third-order valence-corrected chi connectivity index (χ3v) is 6.26. The van der Waals surface area contributed by atoms with Crippen LogP contribution in [0.5, 0.6) is 5.75 Å². The highest BCUT2D eigenvalue weighted by atomic mass is 16.5. The fourth-order valence-electron chi connectivity index (χ4n) is 4.84. The number of likely N-dealkylation sites (N-methyl/N-ethyl adjacent to an activating group) is 2. The van der Waals surface area contributed by atoms with Crippen LogP contribution in [0.1, 0.15) is 57.7 Å². The molecule has 0 amide bonds. The topological polar surface area (TPSA) is 71.5 Å². The molecule has 0 N–H and O–H groups in total. The summed E-state index contributed by atoms with van der Waals surface area (Å²) in [6, 6.07) is 3.85. The highest BCUT2D eigenvalue weighted by Gasteiger charge is 2.25. The van der Waals surface area contributed by atoms with Crippen molar-refractivity contribution in [2.45, 2.75) is 65.4 Å². The van der Waals surface area contributed by atoms with E-state index in [1.165, 1.54) is 5.56 Å². The van der Waals surface area contributed by atoms with E-state index in [0.717, 1.165) is 62.5 Å². The molecular weight excluding hydrogens is 414 g/mol. The number of aromatic nitrogens is 3. The molecule has 0 radical (unpaired) electrons. The van der Waals surface area contributed by atoms with Crippen LogP contribution in [0.3, 0.4) is 0 Å². The van der Waals surface area contributed by atoms with Gasteiger partial charge in [-0.1, -0.05) is 20.8 Å². The Morgan fingerprint density at radius 2 is 2.06 bits per heavy atom. The van der Waals surface area contributed by atoms with Gasteiger partial charge in [-0.3, -0.25) is 9.78 Å². The number of carbonyl (C=O) groups excluding carboxylic acids is 1. The second-order valence-electron chi connectivity index (χ2n) is 10.8. The molecule has 0 bridgehead atoms. The molecule has 7 nitrogen and oxygen atoms in total. The first-order chi connectivity index (χ1) is 15.7. The number of carbonyl (C=O) groups is 1. The summed E-state index contributed by atoms with van der Waals surface area (Å²) in [6.45, 7) is 8.70. The summed E-state index contributed by atoms with van der Waals surface area (Å²) in [5.41, 5.74) is 2.94. The average Bonchev–Trinajstić information content (AvgIpc) is 3.20. The first-order valence-corrected chi connectivity index (χ1v) is 12.1. The third-order valence-electron chi connectivity index (χ3n) is 6.26. The molecule has 33 heavy (non-hydrogen) atoms. The van der Waals surface area contributed by atoms with E-state index in [9.17, 15) is 4.79 Å². The summed E-state index contributed by atoms with van der Waals surface area (Å²) >= 11 is 0. The monoisotopic (exact) mass is 451 g/mol. The van der Waals surface area contributed by atoms with Crippen LogP contribution in [0.25, 0.3) is 11.5 Å². The van der Waals surface area contributed by atoms with Gasteiger partial charge >= 0.3 is 0 Å². The molecule has 1 atom stereocenters. The number of ketones is 1. The number of likely N-dealkylation sites (tertiary alicyclic amines) is 1. The van der Waals surface area contributed by atoms with Gasteiger partial charge < -0.3 is 14.5 Å². The molecule has 2 aromatic heterocycles. The Labute approximate surface area is 197 Å². The Morgan fingerprint density at radius 3 is 2.82 bits per heavy atom. The van der Waals surface area contributed by atoms with Crippen molar-refractivity contribution in [1.29, 1.82) is 0 Å². The molecule has 1 saturated heterocycles. The molecule has 2 aromatic rings. The van der Waals surface area contributed by atoms with Crippen molar-refractivity contribution in [2.24, 2.45) is 5.41 Å². The first kappa shape index (κ1) is 23.6. The molecule has 178 valence electrons. The quantitative estimate of drug-likeness (QED) is 0.631. The van der Waals surface area contributed by atoms with Crippen molar-refractivity contribution in [3.8, 4) is 17.3 Å². The third kappa shape index (κ3) is 6.08. The number of anilines is 1. The van der Waals surface area contributed by atoms with E-state index >= 15 is 0 Å². The predicted molar refractivity (Wildman–Crippen MR) is 131 cm³/mol. The highest BCUT2D eigenvalue weighted by Crippen LogP contribution is 2.32. The summed E-state index contributed by atoms with van der Waals surface area (Å²) in [6.07, 6.45) is 7.68. The maximum absolute atomic E-state index is 12.6. The number of hydrogen-bond donors (Lipinski definition) is 0. The number of fused-ring (bicyclic) bond motifs is 1. The molecule has 0 aromatic carbocycles. The summed E-state index contributed by atoms with van der Waals surface area (Å²) in [5, 5.41) is 0. The molecule has 1 aliphatic heterocycles. The number of ether oxygens (including phenoxy) is 1. The smallest absolute Gasteiger partial charge is 0.180 e. The zero-order valence-corrected chi connectivity index (χ0v) is 20.7. The Hall–Kier alpha value is -2.54. The van der Waals surface area contributed by atoms with Crippen LogP contribution in [0.15, 0.2) is 18.3 Å². The molecule has 7 heteroatoms. The highest BCUT2D eigenvalue weighted by molar-refractivity contribution is 5.84. The van der Waals surface area contributed by atoms with Gasteiger partial charge in [0, 0.05) is 43.5 Å². The zero-order valence-electron chi connectivity index (χ0n) is 20.7. The Morgan fingerprint density at radius 1 is 1.24 bits per heavy atom. The molecule has 0 saturated carbocycles. The lowest BCUT2D eigenvalue weighted by molar-refractivity contribution is -0.119. The van der Waals surface area contributed by atoms with Crippen molar-refractivity contribution < 1.29 is 9.53 Å². The van der Waals surface area contributed by atoms with E-state index in [-0.39, 0.29) is 17.3 Å². The Balaban J connectivity index is 1.57. The van der Waals surface area contributed by atoms with Gasteiger partial charge in [0.2, 0.25) is 0 Å². The summed E-state index contributed by atoms with van der Waals surface area (Å²) in [4.78, 5) is 31.2. The SMILES string of the molecule is CN1CCC[C@@H](Oc2ccnc(-c3nc4c(c(N(C)CC(=O)CC(C)(C)C)n3)CCC4)c2)C1. The number of Topliss-reactive ketones (excluding diaryl/α,β-unsaturated/α-hetero) is 1. The van der Waals surface area contributed by atoms with Crippen molar-refractivity contribution in [3.63, 3.8) is 0 Å². The van der Waals surface area contributed by atoms with Crippen LogP contribution in [0, 0.1) is 5.41 Å². The van der Waals surface area contributed by atoms with Crippen LogP contribution in [0.4, 0.5) is 5.82 Å². The van der Waals surface area contributed by atoms with Crippen molar-refractivity contribution >= 4 is 11.6 Å². The van der Waals surface area contributed by atoms with Gasteiger partial charge in [-0.2, -0.15) is 0 Å². The lowest BCUT2D eigenvalue weighted by atomic mass is 9.90. The van der Waals surface area contributed by atoms with E-state index < -0.39 is 0 Å². The standard InChI is InChI=1S/C26H37N5O2/c1-26(2,3)15-18(32)16-31(5)25-21-9-6-10-22(21)28-24(29-25)23-14-19(11-12-27-23)33-20-8-7-13-30(4)17-20/h11-12,14,20H,6-10,13,15-17H2,1-5H3/t20-/m1/s1. The minimum absolute atomic E-state index is 0.0196. The van der Waals surface area contributed by atoms with Crippen LogP contribution in [0.2, 0.25) is 0 Å². The maximum atomic E-state index is 12.6. The molecule has 3 heterocycles. The summed E-state index contributed by atoms with van der Waals surface area (Å²) < 4.78 is 6.26. The molecule has 4 rings (SSSR count). The number of piperidine rings is 1. The van der Waals surface area contributed by atoms with Gasteiger partial charge in [0.05, 0.1) is 6.54 Å². The average molecular weight is 452 g/mol. The lowest BCUT2D eigenvalue weighted by Gasteiger charge is -2.30.